The van der Waals surface area contributed by atoms with Crippen LogP contribution in [0.5, 0.6) is 0 Å². The van der Waals surface area contributed by atoms with Crippen LogP contribution in [0.15, 0.2) is 24.3 Å². The van der Waals surface area contributed by atoms with Gasteiger partial charge in [0, 0.05) is 6.54 Å². The molecule has 3 nitrogen and oxygen atoms in total. The van der Waals surface area contributed by atoms with E-state index in [2.05, 4.69) is 45.0 Å². The Morgan fingerprint density at radius 2 is 1.84 bits per heavy atom. The fourth-order valence-corrected chi connectivity index (χ4v) is 2.13. The molecule has 1 rings (SSSR count). The Morgan fingerprint density at radius 1 is 1.21 bits per heavy atom. The molecular formula is C16H25NO2. The lowest BCUT2D eigenvalue weighted by Gasteiger charge is -2.19. The van der Waals surface area contributed by atoms with Crippen LogP contribution in [0.4, 0.5) is 0 Å². The summed E-state index contributed by atoms with van der Waals surface area (Å²) < 4.78 is 0. The molecule has 0 unspecified atom stereocenters. The molecular weight excluding hydrogens is 238 g/mol. The Morgan fingerprint density at radius 3 is 2.32 bits per heavy atom. The molecule has 0 saturated carbocycles. The van der Waals surface area contributed by atoms with Gasteiger partial charge < -0.3 is 5.11 Å². The highest BCUT2D eigenvalue weighted by atomic mass is 16.4. The van der Waals surface area contributed by atoms with Gasteiger partial charge in [-0.25, -0.2) is 0 Å². The Labute approximate surface area is 116 Å². The van der Waals surface area contributed by atoms with Crippen molar-refractivity contribution in [2.75, 3.05) is 19.6 Å². The van der Waals surface area contributed by atoms with Gasteiger partial charge in [-0.05, 0) is 36.4 Å². The molecule has 3 heteroatoms. The van der Waals surface area contributed by atoms with Crippen LogP contribution < -0.4 is 0 Å². The van der Waals surface area contributed by atoms with Crippen molar-refractivity contribution in [3.8, 4) is 0 Å². The molecule has 106 valence electrons. The quantitative estimate of drug-likeness (QED) is 0.783. The second-order valence-corrected chi connectivity index (χ2v) is 5.32. The molecule has 0 aromatic heterocycles. The van der Waals surface area contributed by atoms with E-state index in [1.165, 1.54) is 11.1 Å². The average Bonchev–Trinajstić information content (AvgIpc) is 2.36. The van der Waals surface area contributed by atoms with Gasteiger partial charge in [-0.3, -0.25) is 9.69 Å². The summed E-state index contributed by atoms with van der Waals surface area (Å²) in [6.07, 6.45) is 1.89. The number of carboxylic acid groups (broad SMARTS) is 1. The van der Waals surface area contributed by atoms with Crippen molar-refractivity contribution >= 4 is 5.97 Å². The summed E-state index contributed by atoms with van der Waals surface area (Å²) in [5.41, 5.74) is 2.62. The molecule has 0 bridgehead atoms. The Bertz CT molecular complexity index is 384. The van der Waals surface area contributed by atoms with Gasteiger partial charge in [-0.1, -0.05) is 45.0 Å². The molecule has 1 aromatic rings. The van der Waals surface area contributed by atoms with Crippen molar-refractivity contribution in [1.29, 1.82) is 0 Å². The summed E-state index contributed by atoms with van der Waals surface area (Å²) in [5.74, 6) is -0.193. The third-order valence-corrected chi connectivity index (χ3v) is 3.26. The standard InChI is InChI=1S/C16H25NO2/c1-4-10-17(12-16(18)19)11-9-14-5-7-15(8-6-14)13(2)3/h5-8,13H,4,9-12H2,1-3H3,(H,18,19). The third-order valence-electron chi connectivity index (χ3n) is 3.26. The summed E-state index contributed by atoms with van der Waals surface area (Å²) in [7, 11) is 0. The van der Waals surface area contributed by atoms with E-state index in [0.717, 1.165) is 25.9 Å². The monoisotopic (exact) mass is 263 g/mol. The van der Waals surface area contributed by atoms with Crippen LogP contribution >= 0.6 is 0 Å². The predicted molar refractivity (Wildman–Crippen MR) is 78.6 cm³/mol. The number of aliphatic carboxylic acids is 1. The number of rotatable bonds is 8. The lowest BCUT2D eigenvalue weighted by atomic mass is 10.0. The lowest BCUT2D eigenvalue weighted by Crippen LogP contribution is -2.32. The van der Waals surface area contributed by atoms with Gasteiger partial charge in [0.25, 0.3) is 0 Å². The number of carbonyl (C=O) groups is 1. The van der Waals surface area contributed by atoms with Crippen molar-refractivity contribution in [3.63, 3.8) is 0 Å². The number of nitrogens with zero attached hydrogens (tertiary/aromatic N) is 1. The molecule has 0 radical (unpaired) electrons. The third kappa shape index (κ3) is 5.88. The molecule has 0 aliphatic rings. The summed E-state index contributed by atoms with van der Waals surface area (Å²) in [6.45, 7) is 8.23. The van der Waals surface area contributed by atoms with E-state index in [1.54, 1.807) is 0 Å². The summed E-state index contributed by atoms with van der Waals surface area (Å²) in [5, 5.41) is 8.86. The maximum atomic E-state index is 10.8. The molecule has 0 amide bonds. The first-order chi connectivity index (χ1) is 9.02. The van der Waals surface area contributed by atoms with E-state index in [0.29, 0.717) is 5.92 Å². The molecule has 0 saturated heterocycles. The molecule has 0 atom stereocenters. The van der Waals surface area contributed by atoms with Crippen molar-refractivity contribution in [1.82, 2.24) is 4.90 Å². The molecule has 1 N–H and O–H groups in total. The normalized spacial score (nSPS) is 11.2. The molecule has 0 aliphatic carbocycles. The van der Waals surface area contributed by atoms with E-state index in [4.69, 9.17) is 5.11 Å². The maximum Gasteiger partial charge on any atom is 0.317 e. The molecule has 0 spiro atoms. The second kappa shape index (κ2) is 7.95. The molecule has 19 heavy (non-hydrogen) atoms. The van der Waals surface area contributed by atoms with Crippen LogP contribution in [0.3, 0.4) is 0 Å². The Kier molecular flexibility index (Phi) is 6.57. The van der Waals surface area contributed by atoms with Gasteiger partial charge in [-0.15, -0.1) is 0 Å². The first-order valence-electron chi connectivity index (χ1n) is 7.06. The largest absolute Gasteiger partial charge is 0.480 e. The van der Waals surface area contributed by atoms with Crippen molar-refractivity contribution < 1.29 is 9.90 Å². The zero-order chi connectivity index (χ0) is 14.3. The average molecular weight is 263 g/mol. The van der Waals surface area contributed by atoms with Gasteiger partial charge in [0.05, 0.1) is 6.54 Å². The van der Waals surface area contributed by atoms with Gasteiger partial charge in [0.15, 0.2) is 0 Å². The van der Waals surface area contributed by atoms with Gasteiger partial charge in [-0.2, -0.15) is 0 Å². The minimum absolute atomic E-state index is 0.137. The van der Waals surface area contributed by atoms with Gasteiger partial charge >= 0.3 is 5.97 Å². The summed E-state index contributed by atoms with van der Waals surface area (Å²) >= 11 is 0. The van der Waals surface area contributed by atoms with Crippen molar-refractivity contribution in [2.45, 2.75) is 39.5 Å². The highest BCUT2D eigenvalue weighted by Gasteiger charge is 2.08. The highest BCUT2D eigenvalue weighted by Crippen LogP contribution is 2.15. The van der Waals surface area contributed by atoms with Gasteiger partial charge in [0.2, 0.25) is 0 Å². The second-order valence-electron chi connectivity index (χ2n) is 5.32. The maximum absolute atomic E-state index is 10.8. The smallest absolute Gasteiger partial charge is 0.317 e. The summed E-state index contributed by atoms with van der Waals surface area (Å²) in [6, 6.07) is 8.64. The van der Waals surface area contributed by atoms with E-state index >= 15 is 0 Å². The van der Waals surface area contributed by atoms with Gasteiger partial charge in [0.1, 0.15) is 0 Å². The zero-order valence-corrected chi connectivity index (χ0v) is 12.2. The van der Waals surface area contributed by atoms with Crippen LogP contribution in [-0.4, -0.2) is 35.6 Å². The summed E-state index contributed by atoms with van der Waals surface area (Å²) in [4.78, 5) is 12.8. The Hall–Kier alpha value is -1.35. The number of hydrogen-bond acceptors (Lipinski definition) is 2. The fourth-order valence-electron chi connectivity index (χ4n) is 2.13. The molecule has 0 aliphatic heterocycles. The van der Waals surface area contributed by atoms with E-state index in [-0.39, 0.29) is 6.54 Å². The highest BCUT2D eigenvalue weighted by molar-refractivity contribution is 5.69. The topological polar surface area (TPSA) is 40.5 Å². The van der Waals surface area contributed by atoms with Crippen LogP contribution in [-0.2, 0) is 11.2 Å². The van der Waals surface area contributed by atoms with Crippen LogP contribution in [0.2, 0.25) is 0 Å². The predicted octanol–water partition coefficient (Wildman–Crippen LogP) is 3.15. The van der Waals surface area contributed by atoms with Crippen LogP contribution in [0.1, 0.15) is 44.2 Å². The SMILES string of the molecule is CCCN(CCc1ccc(C(C)C)cc1)CC(=O)O. The minimum Gasteiger partial charge on any atom is -0.480 e. The Balaban J connectivity index is 2.51. The van der Waals surface area contributed by atoms with Crippen LogP contribution in [0.25, 0.3) is 0 Å². The zero-order valence-electron chi connectivity index (χ0n) is 12.2. The molecule has 0 heterocycles. The molecule has 1 aromatic carbocycles. The van der Waals surface area contributed by atoms with Crippen LogP contribution in [0, 0.1) is 0 Å². The molecule has 0 fully saturated rings. The first-order valence-corrected chi connectivity index (χ1v) is 7.06. The fraction of sp³-hybridized carbons (Fsp3) is 0.562. The number of benzene rings is 1. The first kappa shape index (κ1) is 15.7. The van der Waals surface area contributed by atoms with E-state index in [1.807, 2.05) is 4.90 Å². The minimum atomic E-state index is -0.747. The number of hydrogen-bond donors (Lipinski definition) is 1. The van der Waals surface area contributed by atoms with E-state index in [9.17, 15) is 4.79 Å². The van der Waals surface area contributed by atoms with E-state index < -0.39 is 5.97 Å². The van der Waals surface area contributed by atoms with Crippen molar-refractivity contribution in [2.24, 2.45) is 0 Å². The lowest BCUT2D eigenvalue weighted by molar-refractivity contribution is -0.138. The number of carboxylic acids is 1. The van der Waals surface area contributed by atoms with Crippen molar-refractivity contribution in [3.05, 3.63) is 35.4 Å².